The van der Waals surface area contributed by atoms with Crippen LogP contribution in [0, 0.1) is 6.92 Å². The molecule has 26 heavy (non-hydrogen) atoms. The first kappa shape index (κ1) is 16.6. The number of hydrogen-bond acceptors (Lipinski definition) is 2. The molecule has 3 aromatic rings. The Morgan fingerprint density at radius 1 is 1.00 bits per heavy atom. The van der Waals surface area contributed by atoms with Crippen LogP contribution in [0.4, 0.5) is 0 Å². The molecule has 0 aliphatic carbocycles. The molecule has 0 saturated carbocycles. The first-order valence-corrected chi connectivity index (χ1v) is 9.16. The summed E-state index contributed by atoms with van der Waals surface area (Å²) in [5.74, 6) is 0.605. The Hall–Kier alpha value is -2.88. The van der Waals surface area contributed by atoms with Crippen LogP contribution >= 0.6 is 0 Å². The number of likely N-dealkylation sites (tertiary alicyclic amines) is 1. The zero-order chi connectivity index (χ0) is 17.9. The molecule has 1 aliphatic heterocycles. The number of rotatable bonds is 3. The van der Waals surface area contributed by atoms with Gasteiger partial charge in [-0.15, -0.1) is 0 Å². The third-order valence-electron chi connectivity index (χ3n) is 5.18. The maximum Gasteiger partial charge on any atom is 0.253 e. The van der Waals surface area contributed by atoms with Crippen molar-refractivity contribution in [3.63, 3.8) is 0 Å². The zero-order valence-electron chi connectivity index (χ0n) is 15.0. The van der Waals surface area contributed by atoms with Crippen molar-refractivity contribution in [1.82, 2.24) is 14.7 Å². The molecule has 1 aliphatic rings. The summed E-state index contributed by atoms with van der Waals surface area (Å²) in [6, 6.07) is 17.9. The molecule has 0 radical (unpaired) electrons. The molecule has 1 saturated heterocycles. The lowest BCUT2D eigenvalue weighted by Gasteiger charge is -2.31. The van der Waals surface area contributed by atoms with Crippen molar-refractivity contribution in [2.45, 2.75) is 25.7 Å². The lowest BCUT2D eigenvalue weighted by atomic mass is 9.91. The lowest BCUT2D eigenvalue weighted by molar-refractivity contribution is 0.0713. The van der Waals surface area contributed by atoms with Crippen molar-refractivity contribution in [2.75, 3.05) is 13.1 Å². The van der Waals surface area contributed by atoms with E-state index in [1.54, 1.807) is 0 Å². The largest absolute Gasteiger partial charge is 0.339 e. The maximum absolute atomic E-state index is 12.6. The summed E-state index contributed by atoms with van der Waals surface area (Å²) < 4.78 is 1.94. The summed E-state index contributed by atoms with van der Waals surface area (Å²) in [5, 5.41) is 4.53. The van der Waals surface area contributed by atoms with E-state index < -0.39 is 0 Å². The monoisotopic (exact) mass is 345 g/mol. The van der Waals surface area contributed by atoms with Crippen molar-refractivity contribution in [3.05, 3.63) is 83.7 Å². The summed E-state index contributed by atoms with van der Waals surface area (Å²) in [6.07, 6.45) is 6.07. The van der Waals surface area contributed by atoms with E-state index in [1.165, 1.54) is 11.1 Å². The lowest BCUT2D eigenvalue weighted by Crippen LogP contribution is -2.37. The van der Waals surface area contributed by atoms with Gasteiger partial charge in [0.1, 0.15) is 0 Å². The first-order chi connectivity index (χ1) is 12.7. The van der Waals surface area contributed by atoms with Crippen LogP contribution in [-0.4, -0.2) is 33.7 Å². The fraction of sp³-hybridized carbons (Fsp3) is 0.273. The molecule has 0 unspecified atom stereocenters. The summed E-state index contributed by atoms with van der Waals surface area (Å²) in [5.41, 5.74) is 4.37. The van der Waals surface area contributed by atoms with Crippen LogP contribution in [0.3, 0.4) is 0 Å². The number of amides is 1. The van der Waals surface area contributed by atoms with E-state index in [-0.39, 0.29) is 5.91 Å². The van der Waals surface area contributed by atoms with Gasteiger partial charge in [0.15, 0.2) is 0 Å². The van der Waals surface area contributed by atoms with Crippen molar-refractivity contribution >= 4 is 5.91 Å². The molecule has 132 valence electrons. The molecule has 0 spiro atoms. The minimum atomic E-state index is 0.138. The average molecular weight is 345 g/mol. The molecule has 1 fully saturated rings. The Bertz CT molecular complexity index is 875. The number of aromatic nitrogens is 2. The third kappa shape index (κ3) is 3.40. The topological polar surface area (TPSA) is 38.1 Å². The number of aryl methyl sites for hydroxylation is 1. The number of carbonyl (C=O) groups is 1. The second-order valence-corrected chi connectivity index (χ2v) is 6.99. The van der Waals surface area contributed by atoms with Crippen molar-refractivity contribution in [1.29, 1.82) is 0 Å². The number of carbonyl (C=O) groups excluding carboxylic acids is 1. The number of benzene rings is 2. The highest BCUT2D eigenvalue weighted by Crippen LogP contribution is 2.29. The molecule has 2 heterocycles. The Balaban J connectivity index is 1.41. The first-order valence-electron chi connectivity index (χ1n) is 9.16. The number of piperidine rings is 1. The van der Waals surface area contributed by atoms with Gasteiger partial charge >= 0.3 is 0 Å². The molecule has 0 N–H and O–H groups in total. The molecular formula is C22H23N3O. The molecule has 1 aromatic heterocycles. The predicted octanol–water partition coefficient (Wildman–Crippen LogP) is 4.20. The highest BCUT2D eigenvalue weighted by atomic mass is 16.2. The zero-order valence-corrected chi connectivity index (χ0v) is 15.0. The third-order valence-corrected chi connectivity index (χ3v) is 5.18. The van der Waals surface area contributed by atoms with Crippen LogP contribution in [0.1, 0.15) is 40.2 Å². The Morgan fingerprint density at radius 2 is 1.69 bits per heavy atom. The average Bonchev–Trinajstić information content (AvgIpc) is 3.19. The molecule has 4 rings (SSSR count). The number of nitrogens with zero attached hydrogens (tertiary/aromatic N) is 3. The SMILES string of the molecule is Cc1ccc(-n2cc(C3CCN(C(=O)c4ccccc4)CC3)cn2)cc1. The van der Waals surface area contributed by atoms with Gasteiger partial charge in [0, 0.05) is 24.8 Å². The highest BCUT2D eigenvalue weighted by Gasteiger charge is 2.25. The number of hydrogen-bond donors (Lipinski definition) is 0. The van der Waals surface area contributed by atoms with Gasteiger partial charge < -0.3 is 4.90 Å². The van der Waals surface area contributed by atoms with Gasteiger partial charge in [0.2, 0.25) is 0 Å². The summed E-state index contributed by atoms with van der Waals surface area (Å²) >= 11 is 0. The second-order valence-electron chi connectivity index (χ2n) is 6.99. The van der Waals surface area contributed by atoms with E-state index in [2.05, 4.69) is 42.5 Å². The standard InChI is InChI=1S/C22H23N3O/c1-17-7-9-21(10-8-17)25-16-20(15-23-25)18-11-13-24(14-12-18)22(26)19-5-3-2-4-6-19/h2-10,15-16,18H,11-14H2,1H3. The van der Waals surface area contributed by atoms with Crippen LogP contribution < -0.4 is 0 Å². The van der Waals surface area contributed by atoms with Crippen LogP contribution in [-0.2, 0) is 0 Å². The van der Waals surface area contributed by atoms with Crippen LogP contribution in [0.25, 0.3) is 5.69 Å². The molecule has 4 nitrogen and oxygen atoms in total. The van der Waals surface area contributed by atoms with Gasteiger partial charge in [-0.3, -0.25) is 4.79 Å². The smallest absolute Gasteiger partial charge is 0.253 e. The maximum atomic E-state index is 12.6. The molecule has 4 heteroatoms. The van der Waals surface area contributed by atoms with Crippen molar-refractivity contribution in [3.8, 4) is 5.69 Å². The van der Waals surface area contributed by atoms with Crippen LogP contribution in [0.5, 0.6) is 0 Å². The van der Waals surface area contributed by atoms with E-state index in [4.69, 9.17) is 0 Å². The highest BCUT2D eigenvalue weighted by molar-refractivity contribution is 5.94. The van der Waals surface area contributed by atoms with Gasteiger partial charge in [-0.05, 0) is 55.5 Å². The van der Waals surface area contributed by atoms with Gasteiger partial charge in [-0.2, -0.15) is 5.10 Å². The summed E-state index contributed by atoms with van der Waals surface area (Å²) in [4.78, 5) is 14.5. The predicted molar refractivity (Wildman–Crippen MR) is 103 cm³/mol. The van der Waals surface area contributed by atoms with Gasteiger partial charge in [-0.25, -0.2) is 4.68 Å². The van der Waals surface area contributed by atoms with Gasteiger partial charge in [0.05, 0.1) is 11.9 Å². The van der Waals surface area contributed by atoms with E-state index in [0.717, 1.165) is 37.2 Å². The summed E-state index contributed by atoms with van der Waals surface area (Å²) in [7, 11) is 0. The second kappa shape index (κ2) is 7.16. The van der Waals surface area contributed by atoms with Crippen LogP contribution in [0.15, 0.2) is 67.0 Å². The van der Waals surface area contributed by atoms with Gasteiger partial charge in [-0.1, -0.05) is 35.9 Å². The Kier molecular flexibility index (Phi) is 4.57. The molecule has 0 bridgehead atoms. The van der Waals surface area contributed by atoms with E-state index in [9.17, 15) is 4.79 Å². The van der Waals surface area contributed by atoms with E-state index >= 15 is 0 Å². The molecular weight excluding hydrogens is 322 g/mol. The molecule has 1 amide bonds. The molecule has 0 atom stereocenters. The quantitative estimate of drug-likeness (QED) is 0.713. The fourth-order valence-electron chi connectivity index (χ4n) is 3.57. The normalized spacial score (nSPS) is 15.2. The minimum Gasteiger partial charge on any atom is -0.339 e. The minimum absolute atomic E-state index is 0.138. The van der Waals surface area contributed by atoms with Crippen molar-refractivity contribution in [2.24, 2.45) is 0 Å². The summed E-state index contributed by atoms with van der Waals surface area (Å²) in [6.45, 7) is 3.69. The Morgan fingerprint density at radius 3 is 2.38 bits per heavy atom. The fourth-order valence-corrected chi connectivity index (χ4v) is 3.57. The Labute approximate surface area is 154 Å². The molecule has 2 aromatic carbocycles. The van der Waals surface area contributed by atoms with E-state index in [1.807, 2.05) is 46.1 Å². The van der Waals surface area contributed by atoms with Crippen LogP contribution in [0.2, 0.25) is 0 Å². The van der Waals surface area contributed by atoms with E-state index in [0.29, 0.717) is 5.92 Å². The van der Waals surface area contributed by atoms with Crippen molar-refractivity contribution < 1.29 is 4.79 Å². The van der Waals surface area contributed by atoms with Gasteiger partial charge in [0.25, 0.3) is 5.91 Å².